The van der Waals surface area contributed by atoms with E-state index in [0.29, 0.717) is 18.4 Å². The van der Waals surface area contributed by atoms with Gasteiger partial charge in [0, 0.05) is 6.54 Å². The summed E-state index contributed by atoms with van der Waals surface area (Å²) in [6.45, 7) is 2.47. The van der Waals surface area contributed by atoms with Crippen molar-refractivity contribution < 1.29 is 14.6 Å². The number of ether oxygens (including phenoxy) is 1. The molecule has 1 rings (SSSR count). The van der Waals surface area contributed by atoms with Crippen LogP contribution in [-0.4, -0.2) is 33.0 Å². The highest BCUT2D eigenvalue weighted by molar-refractivity contribution is 5.69. The zero-order valence-electron chi connectivity index (χ0n) is 7.52. The zero-order chi connectivity index (χ0) is 9.84. The number of carboxylic acids is 1. The molecule has 0 radical (unpaired) electrons. The van der Waals surface area contributed by atoms with E-state index < -0.39 is 5.97 Å². The van der Waals surface area contributed by atoms with Gasteiger partial charge >= 0.3 is 12.0 Å². The monoisotopic (exact) mass is 185 g/mol. The fourth-order valence-corrected chi connectivity index (χ4v) is 1.05. The Morgan fingerprint density at radius 3 is 2.77 bits per heavy atom. The molecule has 0 aliphatic rings. The van der Waals surface area contributed by atoms with Gasteiger partial charge in [-0.05, 0) is 6.92 Å². The molecule has 0 bridgehead atoms. The van der Waals surface area contributed by atoms with Crippen LogP contribution in [0.2, 0.25) is 0 Å². The first-order chi connectivity index (χ1) is 6.19. The van der Waals surface area contributed by atoms with Gasteiger partial charge in [-0.1, -0.05) is 5.10 Å². The van der Waals surface area contributed by atoms with Crippen molar-refractivity contribution in [3.8, 4) is 6.01 Å². The molecule has 0 atom stereocenters. The van der Waals surface area contributed by atoms with E-state index in [1.54, 1.807) is 4.57 Å². The molecular weight excluding hydrogens is 174 g/mol. The molecule has 0 aliphatic heterocycles. The number of carbonyl (C=O) groups is 1. The van der Waals surface area contributed by atoms with Gasteiger partial charge in [0.1, 0.15) is 12.2 Å². The van der Waals surface area contributed by atoms with Gasteiger partial charge in [0.2, 0.25) is 0 Å². The third-order valence-electron chi connectivity index (χ3n) is 1.60. The van der Waals surface area contributed by atoms with Gasteiger partial charge in [0.25, 0.3) is 0 Å². The Balaban J connectivity index is 2.93. The maximum Gasteiger partial charge on any atom is 0.316 e. The summed E-state index contributed by atoms with van der Waals surface area (Å²) in [7, 11) is 1.47. The summed E-state index contributed by atoms with van der Waals surface area (Å²) in [5, 5.41) is 15.9. The molecule has 0 fully saturated rings. The van der Waals surface area contributed by atoms with Crippen LogP contribution in [0.1, 0.15) is 12.7 Å². The molecule has 0 amide bonds. The highest BCUT2D eigenvalue weighted by atomic mass is 16.5. The zero-order valence-corrected chi connectivity index (χ0v) is 7.52. The number of hydrogen-bond acceptors (Lipinski definition) is 4. The molecule has 6 heteroatoms. The second kappa shape index (κ2) is 3.88. The molecular formula is C7H11N3O3. The molecule has 0 saturated heterocycles. The van der Waals surface area contributed by atoms with E-state index in [2.05, 4.69) is 10.2 Å². The van der Waals surface area contributed by atoms with Gasteiger partial charge in [-0.3, -0.25) is 9.36 Å². The smallest absolute Gasteiger partial charge is 0.316 e. The molecule has 6 nitrogen and oxygen atoms in total. The Morgan fingerprint density at radius 2 is 2.31 bits per heavy atom. The Labute approximate surface area is 75.2 Å². The van der Waals surface area contributed by atoms with Crippen molar-refractivity contribution in [1.29, 1.82) is 0 Å². The minimum absolute atomic E-state index is 0.135. The molecule has 1 aromatic rings. The summed E-state index contributed by atoms with van der Waals surface area (Å²) in [5.41, 5.74) is 0. The van der Waals surface area contributed by atoms with Crippen LogP contribution in [0.4, 0.5) is 0 Å². The van der Waals surface area contributed by atoms with Gasteiger partial charge in [-0.15, -0.1) is 5.10 Å². The number of hydrogen-bond donors (Lipinski definition) is 1. The van der Waals surface area contributed by atoms with Gasteiger partial charge in [0.15, 0.2) is 0 Å². The van der Waals surface area contributed by atoms with Gasteiger partial charge in [-0.25, -0.2) is 0 Å². The predicted molar refractivity (Wildman–Crippen MR) is 43.6 cm³/mol. The van der Waals surface area contributed by atoms with E-state index in [1.807, 2.05) is 6.92 Å². The molecule has 1 heterocycles. The molecule has 0 aromatic carbocycles. The maximum atomic E-state index is 10.4. The number of rotatable bonds is 4. The second-order valence-corrected chi connectivity index (χ2v) is 2.42. The maximum absolute atomic E-state index is 10.4. The minimum atomic E-state index is -0.926. The van der Waals surface area contributed by atoms with Crippen molar-refractivity contribution >= 4 is 5.97 Å². The Kier molecular flexibility index (Phi) is 2.84. The first-order valence-electron chi connectivity index (χ1n) is 3.86. The molecule has 0 aliphatic carbocycles. The largest absolute Gasteiger partial charge is 0.481 e. The summed E-state index contributed by atoms with van der Waals surface area (Å²) in [4.78, 5) is 10.4. The van der Waals surface area contributed by atoms with Gasteiger partial charge in [-0.2, -0.15) is 0 Å². The van der Waals surface area contributed by atoms with E-state index in [4.69, 9.17) is 9.84 Å². The highest BCUT2D eigenvalue weighted by Crippen LogP contribution is 2.09. The van der Waals surface area contributed by atoms with Crippen LogP contribution >= 0.6 is 0 Å². The molecule has 0 saturated carbocycles. The number of aliphatic carboxylic acids is 1. The second-order valence-electron chi connectivity index (χ2n) is 2.42. The molecule has 13 heavy (non-hydrogen) atoms. The molecule has 1 N–H and O–H groups in total. The van der Waals surface area contributed by atoms with E-state index in [9.17, 15) is 4.79 Å². The predicted octanol–water partition coefficient (Wildman–Crippen LogP) is -0.0663. The summed E-state index contributed by atoms with van der Waals surface area (Å²) in [6, 6.07) is 0.346. The number of carboxylic acid groups (broad SMARTS) is 1. The summed E-state index contributed by atoms with van der Waals surface area (Å²) >= 11 is 0. The first-order valence-corrected chi connectivity index (χ1v) is 3.86. The van der Waals surface area contributed by atoms with Crippen LogP contribution < -0.4 is 4.74 Å². The lowest BCUT2D eigenvalue weighted by atomic mass is 10.4. The standard InChI is InChI=1S/C7H11N3O3/c1-3-10-5(4-6(11)12)8-9-7(10)13-2/h3-4H2,1-2H3,(H,11,12). The topological polar surface area (TPSA) is 77.2 Å². The Hall–Kier alpha value is -1.59. The summed E-state index contributed by atoms with van der Waals surface area (Å²) in [6.07, 6.45) is -0.135. The van der Waals surface area contributed by atoms with Crippen LogP contribution in [-0.2, 0) is 17.8 Å². The van der Waals surface area contributed by atoms with Crippen molar-refractivity contribution in [3.63, 3.8) is 0 Å². The SMILES string of the molecule is CCn1c(CC(=O)O)nnc1OC. The summed E-state index contributed by atoms with van der Waals surface area (Å²) < 4.78 is 6.51. The lowest BCUT2D eigenvalue weighted by molar-refractivity contribution is -0.136. The highest BCUT2D eigenvalue weighted by Gasteiger charge is 2.13. The van der Waals surface area contributed by atoms with Gasteiger partial charge < -0.3 is 9.84 Å². The molecule has 1 aromatic heterocycles. The van der Waals surface area contributed by atoms with E-state index in [0.717, 1.165) is 0 Å². The fourth-order valence-electron chi connectivity index (χ4n) is 1.05. The first kappa shape index (κ1) is 9.50. The van der Waals surface area contributed by atoms with Crippen LogP contribution in [0.25, 0.3) is 0 Å². The normalized spacial score (nSPS) is 10.0. The van der Waals surface area contributed by atoms with Crippen molar-refractivity contribution in [2.24, 2.45) is 0 Å². The number of nitrogens with zero attached hydrogens (tertiary/aromatic N) is 3. The Morgan fingerprint density at radius 1 is 1.62 bits per heavy atom. The van der Waals surface area contributed by atoms with Crippen molar-refractivity contribution in [3.05, 3.63) is 5.82 Å². The van der Waals surface area contributed by atoms with Crippen molar-refractivity contribution in [1.82, 2.24) is 14.8 Å². The van der Waals surface area contributed by atoms with Crippen molar-refractivity contribution in [2.45, 2.75) is 19.9 Å². The third kappa shape index (κ3) is 1.95. The van der Waals surface area contributed by atoms with Crippen LogP contribution in [0, 0.1) is 0 Å². The van der Waals surface area contributed by atoms with E-state index >= 15 is 0 Å². The molecule has 0 unspecified atom stereocenters. The van der Waals surface area contributed by atoms with Crippen molar-refractivity contribution in [2.75, 3.05) is 7.11 Å². The fraction of sp³-hybridized carbons (Fsp3) is 0.571. The van der Waals surface area contributed by atoms with E-state index in [1.165, 1.54) is 7.11 Å². The van der Waals surface area contributed by atoms with Crippen LogP contribution in [0.5, 0.6) is 6.01 Å². The molecule has 0 spiro atoms. The number of methoxy groups -OCH3 is 1. The lowest BCUT2D eigenvalue weighted by Crippen LogP contribution is -2.09. The number of aromatic nitrogens is 3. The average molecular weight is 185 g/mol. The minimum Gasteiger partial charge on any atom is -0.481 e. The average Bonchev–Trinajstić information content (AvgIpc) is 2.45. The van der Waals surface area contributed by atoms with E-state index in [-0.39, 0.29) is 6.42 Å². The lowest BCUT2D eigenvalue weighted by Gasteiger charge is -2.03. The third-order valence-corrected chi connectivity index (χ3v) is 1.60. The Bertz CT molecular complexity index is 308. The molecule has 72 valence electrons. The quantitative estimate of drug-likeness (QED) is 0.710. The summed E-state index contributed by atoms with van der Waals surface area (Å²) in [5.74, 6) is -0.517. The van der Waals surface area contributed by atoms with Gasteiger partial charge in [0.05, 0.1) is 7.11 Å². The van der Waals surface area contributed by atoms with Crippen LogP contribution in [0.15, 0.2) is 0 Å². The van der Waals surface area contributed by atoms with Crippen LogP contribution in [0.3, 0.4) is 0 Å².